The SMILES string of the molecule is CNC(CC1OCCc2ccccc21)C1C2CCCC21. The largest absolute Gasteiger partial charge is 0.373 e. The highest BCUT2D eigenvalue weighted by Crippen LogP contribution is 2.59. The van der Waals surface area contributed by atoms with Gasteiger partial charge in [0.15, 0.2) is 0 Å². The summed E-state index contributed by atoms with van der Waals surface area (Å²) in [5.74, 6) is 2.96. The normalized spacial score (nSPS) is 36.2. The molecule has 0 saturated heterocycles. The average molecular weight is 271 g/mol. The summed E-state index contributed by atoms with van der Waals surface area (Å²) in [6.07, 6.45) is 6.92. The van der Waals surface area contributed by atoms with Crippen molar-refractivity contribution in [1.82, 2.24) is 5.32 Å². The maximum absolute atomic E-state index is 6.10. The van der Waals surface area contributed by atoms with Crippen molar-refractivity contribution in [3.05, 3.63) is 35.4 Å². The fourth-order valence-electron chi connectivity index (χ4n) is 4.84. The summed E-state index contributed by atoms with van der Waals surface area (Å²) in [6.45, 7) is 0.885. The predicted molar refractivity (Wildman–Crippen MR) is 80.6 cm³/mol. The fraction of sp³-hybridized carbons (Fsp3) is 0.667. The first-order valence-electron chi connectivity index (χ1n) is 8.25. The Labute approximate surface area is 121 Å². The number of benzene rings is 1. The second-order valence-electron chi connectivity index (χ2n) is 6.78. The standard InChI is InChI=1S/C18H25NO/c1-19-16(18-14-7-4-8-15(14)18)11-17-13-6-3-2-5-12(13)9-10-20-17/h2-3,5-6,14-19H,4,7-11H2,1H3. The van der Waals surface area contributed by atoms with Gasteiger partial charge in [0.05, 0.1) is 12.7 Å². The molecule has 1 N–H and O–H groups in total. The van der Waals surface area contributed by atoms with Crippen LogP contribution in [-0.4, -0.2) is 19.7 Å². The van der Waals surface area contributed by atoms with Crippen molar-refractivity contribution >= 4 is 0 Å². The number of nitrogens with one attached hydrogen (secondary N) is 1. The molecule has 2 saturated carbocycles. The summed E-state index contributed by atoms with van der Waals surface area (Å²) < 4.78 is 6.10. The van der Waals surface area contributed by atoms with Crippen LogP contribution in [-0.2, 0) is 11.2 Å². The third kappa shape index (κ3) is 2.10. The molecule has 1 aromatic carbocycles. The van der Waals surface area contributed by atoms with E-state index < -0.39 is 0 Å². The van der Waals surface area contributed by atoms with Crippen molar-refractivity contribution in [2.45, 2.75) is 44.2 Å². The molecule has 2 nitrogen and oxygen atoms in total. The first-order chi connectivity index (χ1) is 9.88. The zero-order chi connectivity index (χ0) is 13.5. The van der Waals surface area contributed by atoms with Gasteiger partial charge < -0.3 is 10.1 Å². The van der Waals surface area contributed by atoms with E-state index in [-0.39, 0.29) is 0 Å². The van der Waals surface area contributed by atoms with Gasteiger partial charge in [0.25, 0.3) is 0 Å². The highest BCUT2D eigenvalue weighted by molar-refractivity contribution is 5.31. The molecule has 1 heterocycles. The van der Waals surface area contributed by atoms with Gasteiger partial charge in [0, 0.05) is 6.04 Å². The number of ether oxygens (including phenoxy) is 1. The summed E-state index contributed by atoms with van der Waals surface area (Å²) in [4.78, 5) is 0. The maximum Gasteiger partial charge on any atom is 0.0842 e. The highest BCUT2D eigenvalue weighted by Gasteiger charge is 2.55. The van der Waals surface area contributed by atoms with E-state index in [0.29, 0.717) is 12.1 Å². The second-order valence-corrected chi connectivity index (χ2v) is 6.78. The molecule has 0 aromatic heterocycles. The molecule has 4 unspecified atom stereocenters. The van der Waals surface area contributed by atoms with Crippen LogP contribution in [0.5, 0.6) is 0 Å². The van der Waals surface area contributed by atoms with Crippen molar-refractivity contribution in [1.29, 1.82) is 0 Å². The Morgan fingerprint density at radius 2 is 2.05 bits per heavy atom. The Hall–Kier alpha value is -0.860. The third-order valence-electron chi connectivity index (χ3n) is 5.87. The monoisotopic (exact) mass is 271 g/mol. The summed E-state index contributed by atoms with van der Waals surface area (Å²) in [5.41, 5.74) is 2.93. The van der Waals surface area contributed by atoms with Crippen LogP contribution >= 0.6 is 0 Å². The first-order valence-corrected chi connectivity index (χ1v) is 8.25. The quantitative estimate of drug-likeness (QED) is 0.907. The molecule has 1 aromatic rings. The minimum absolute atomic E-state index is 0.304. The van der Waals surface area contributed by atoms with Crippen molar-refractivity contribution in [3.8, 4) is 0 Å². The van der Waals surface area contributed by atoms with Gasteiger partial charge in [-0.1, -0.05) is 30.7 Å². The van der Waals surface area contributed by atoms with Gasteiger partial charge in [-0.25, -0.2) is 0 Å². The van der Waals surface area contributed by atoms with Crippen LogP contribution < -0.4 is 5.32 Å². The van der Waals surface area contributed by atoms with Crippen LogP contribution in [0.1, 0.15) is 42.9 Å². The topological polar surface area (TPSA) is 21.3 Å². The second kappa shape index (κ2) is 5.16. The average Bonchev–Trinajstić information content (AvgIpc) is 2.96. The first kappa shape index (κ1) is 12.8. The Bertz CT molecular complexity index is 476. The van der Waals surface area contributed by atoms with E-state index in [1.54, 1.807) is 0 Å². The molecule has 4 rings (SSSR count). The van der Waals surface area contributed by atoms with Gasteiger partial charge in [-0.3, -0.25) is 0 Å². The van der Waals surface area contributed by atoms with Gasteiger partial charge in [0.1, 0.15) is 0 Å². The third-order valence-corrected chi connectivity index (χ3v) is 5.87. The summed E-state index contributed by atoms with van der Waals surface area (Å²) in [7, 11) is 2.13. The lowest BCUT2D eigenvalue weighted by Crippen LogP contribution is -2.33. The molecular weight excluding hydrogens is 246 g/mol. The highest BCUT2D eigenvalue weighted by atomic mass is 16.5. The fourth-order valence-corrected chi connectivity index (χ4v) is 4.84. The number of hydrogen-bond acceptors (Lipinski definition) is 2. The molecule has 4 atom stereocenters. The molecule has 0 amide bonds. The van der Waals surface area contributed by atoms with Crippen LogP contribution in [0, 0.1) is 17.8 Å². The zero-order valence-electron chi connectivity index (χ0n) is 12.3. The molecule has 2 fully saturated rings. The van der Waals surface area contributed by atoms with Crippen LogP contribution in [0.25, 0.3) is 0 Å². The molecule has 20 heavy (non-hydrogen) atoms. The molecule has 1 aliphatic heterocycles. The van der Waals surface area contributed by atoms with E-state index in [1.807, 2.05) is 0 Å². The Morgan fingerprint density at radius 1 is 1.25 bits per heavy atom. The number of fused-ring (bicyclic) bond motifs is 2. The number of rotatable bonds is 4. The molecule has 2 aliphatic carbocycles. The van der Waals surface area contributed by atoms with Gasteiger partial charge in [-0.05, 0) is 61.6 Å². The van der Waals surface area contributed by atoms with Crippen LogP contribution in [0.3, 0.4) is 0 Å². The maximum atomic E-state index is 6.10. The van der Waals surface area contributed by atoms with E-state index in [0.717, 1.165) is 37.2 Å². The molecular formula is C18H25NO. The van der Waals surface area contributed by atoms with Gasteiger partial charge >= 0.3 is 0 Å². The van der Waals surface area contributed by atoms with Crippen molar-refractivity contribution in [2.75, 3.05) is 13.7 Å². The van der Waals surface area contributed by atoms with Gasteiger partial charge in [-0.2, -0.15) is 0 Å². The van der Waals surface area contributed by atoms with E-state index in [4.69, 9.17) is 4.74 Å². The summed E-state index contributed by atoms with van der Waals surface area (Å²) in [5, 5.41) is 3.59. The number of hydrogen-bond donors (Lipinski definition) is 1. The van der Waals surface area contributed by atoms with E-state index in [2.05, 4.69) is 36.6 Å². The van der Waals surface area contributed by atoms with Crippen molar-refractivity contribution in [3.63, 3.8) is 0 Å². The molecule has 0 bridgehead atoms. The van der Waals surface area contributed by atoms with E-state index >= 15 is 0 Å². The van der Waals surface area contributed by atoms with E-state index in [9.17, 15) is 0 Å². The Balaban J connectivity index is 1.48. The predicted octanol–water partition coefficient (Wildman–Crippen LogP) is 3.32. The minimum atomic E-state index is 0.304. The summed E-state index contributed by atoms with van der Waals surface area (Å²) >= 11 is 0. The molecule has 0 radical (unpaired) electrons. The lowest BCUT2D eigenvalue weighted by atomic mass is 9.91. The Kier molecular flexibility index (Phi) is 3.31. The van der Waals surface area contributed by atoms with Gasteiger partial charge in [-0.15, -0.1) is 0 Å². The smallest absolute Gasteiger partial charge is 0.0842 e. The Morgan fingerprint density at radius 3 is 2.85 bits per heavy atom. The zero-order valence-corrected chi connectivity index (χ0v) is 12.3. The van der Waals surface area contributed by atoms with Crippen molar-refractivity contribution < 1.29 is 4.74 Å². The van der Waals surface area contributed by atoms with Crippen LogP contribution in [0.2, 0.25) is 0 Å². The molecule has 3 aliphatic rings. The van der Waals surface area contributed by atoms with Gasteiger partial charge in [0.2, 0.25) is 0 Å². The molecule has 0 spiro atoms. The van der Waals surface area contributed by atoms with Crippen LogP contribution in [0.15, 0.2) is 24.3 Å². The lowest BCUT2D eigenvalue weighted by molar-refractivity contribution is 0.0273. The molecule has 108 valence electrons. The molecule has 2 heteroatoms. The van der Waals surface area contributed by atoms with Crippen LogP contribution in [0.4, 0.5) is 0 Å². The lowest BCUT2D eigenvalue weighted by Gasteiger charge is -2.30. The van der Waals surface area contributed by atoms with E-state index in [1.165, 1.54) is 30.4 Å². The summed E-state index contributed by atoms with van der Waals surface area (Å²) in [6, 6.07) is 9.48. The van der Waals surface area contributed by atoms with Crippen molar-refractivity contribution in [2.24, 2.45) is 17.8 Å². The minimum Gasteiger partial charge on any atom is -0.373 e.